The van der Waals surface area contributed by atoms with Gasteiger partial charge in [0.15, 0.2) is 5.79 Å². The summed E-state index contributed by atoms with van der Waals surface area (Å²) in [6, 6.07) is 0.941. The summed E-state index contributed by atoms with van der Waals surface area (Å²) >= 11 is 0. The molecular weight excluding hydrogens is 329 g/mol. The number of ether oxygens (including phenoxy) is 3. The number of nitrogens with one attached hydrogen (secondary N) is 1. The van der Waals surface area contributed by atoms with Gasteiger partial charge in [-0.1, -0.05) is 0 Å². The van der Waals surface area contributed by atoms with E-state index in [0.717, 1.165) is 6.20 Å². The molecule has 0 aromatic carbocycles. The van der Waals surface area contributed by atoms with E-state index in [0.29, 0.717) is 0 Å². The maximum absolute atomic E-state index is 12.7. The highest BCUT2D eigenvalue weighted by Gasteiger charge is 2.51. The number of nitrogens with zero attached hydrogens (tertiary/aromatic N) is 2. The van der Waals surface area contributed by atoms with Gasteiger partial charge in [-0.3, -0.25) is 0 Å². The fourth-order valence-electron chi connectivity index (χ4n) is 2.92. The van der Waals surface area contributed by atoms with Crippen LogP contribution in [0.1, 0.15) is 19.7 Å². The topological polar surface area (TPSA) is 91.5 Å². The van der Waals surface area contributed by atoms with E-state index in [4.69, 9.17) is 19.9 Å². The average molecular weight is 348 g/mol. The Morgan fingerprint density at radius 2 is 2.04 bits per heavy atom. The van der Waals surface area contributed by atoms with Gasteiger partial charge in [0.25, 0.3) is 0 Å². The number of halogens is 3. The second-order valence-electron chi connectivity index (χ2n) is 6.19. The summed E-state index contributed by atoms with van der Waals surface area (Å²) in [5, 5.41) is 2.93. The van der Waals surface area contributed by atoms with Crippen LogP contribution in [0.4, 0.5) is 19.0 Å². The number of aromatic nitrogens is 2. The lowest BCUT2D eigenvalue weighted by molar-refractivity contribution is -0.152. The van der Waals surface area contributed by atoms with Crippen molar-refractivity contribution in [3.63, 3.8) is 0 Å². The van der Waals surface area contributed by atoms with Gasteiger partial charge in [-0.2, -0.15) is 13.2 Å². The van der Waals surface area contributed by atoms with Crippen LogP contribution >= 0.6 is 0 Å². The Kier molecular flexibility index (Phi) is 4.41. The molecular formula is C14H19F3N4O3. The summed E-state index contributed by atoms with van der Waals surface area (Å²) in [6.07, 6.45) is -4.70. The van der Waals surface area contributed by atoms with Gasteiger partial charge in [0, 0.05) is 12.7 Å². The van der Waals surface area contributed by atoms with E-state index in [1.54, 1.807) is 13.8 Å². The van der Waals surface area contributed by atoms with Gasteiger partial charge in [0.05, 0.1) is 18.8 Å². The molecule has 3 rings (SSSR count). The first-order valence-corrected chi connectivity index (χ1v) is 7.54. The molecule has 0 unspecified atom stereocenters. The van der Waals surface area contributed by atoms with Gasteiger partial charge < -0.3 is 25.3 Å². The maximum atomic E-state index is 12.7. The SMILES string of the molecule is CC1(C)O[C@@H]2[C@H](O1)[C@@H](Nc1ccnc(C(F)(F)F)n1)CO[C@@H]2CN. The van der Waals surface area contributed by atoms with Crippen LogP contribution in [0.15, 0.2) is 12.3 Å². The van der Waals surface area contributed by atoms with Crippen LogP contribution < -0.4 is 11.1 Å². The summed E-state index contributed by atoms with van der Waals surface area (Å²) < 4.78 is 55.5. The molecule has 2 aliphatic heterocycles. The Bertz CT molecular complexity index is 599. The summed E-state index contributed by atoms with van der Waals surface area (Å²) in [7, 11) is 0. The molecule has 7 nitrogen and oxygen atoms in total. The number of rotatable bonds is 3. The van der Waals surface area contributed by atoms with Crippen LogP contribution in [0.25, 0.3) is 0 Å². The minimum absolute atomic E-state index is 0.0455. The van der Waals surface area contributed by atoms with Gasteiger partial charge in [0.2, 0.25) is 5.82 Å². The largest absolute Gasteiger partial charge is 0.451 e. The second-order valence-corrected chi connectivity index (χ2v) is 6.19. The van der Waals surface area contributed by atoms with Crippen LogP contribution in [0, 0.1) is 0 Å². The van der Waals surface area contributed by atoms with E-state index in [9.17, 15) is 13.2 Å². The van der Waals surface area contributed by atoms with Crippen molar-refractivity contribution in [3.05, 3.63) is 18.1 Å². The Balaban J connectivity index is 1.78. The van der Waals surface area contributed by atoms with Crippen LogP contribution in [0.2, 0.25) is 0 Å². The van der Waals surface area contributed by atoms with E-state index >= 15 is 0 Å². The van der Waals surface area contributed by atoms with Crippen molar-refractivity contribution in [1.29, 1.82) is 0 Å². The highest BCUT2D eigenvalue weighted by Crippen LogP contribution is 2.36. The van der Waals surface area contributed by atoms with E-state index in [-0.39, 0.29) is 25.1 Å². The summed E-state index contributed by atoms with van der Waals surface area (Å²) in [5.74, 6) is -1.98. The van der Waals surface area contributed by atoms with Crippen LogP contribution in [-0.4, -0.2) is 53.3 Å². The third-order valence-electron chi connectivity index (χ3n) is 3.89. The van der Waals surface area contributed by atoms with Crippen LogP contribution in [0.3, 0.4) is 0 Å². The smallest absolute Gasteiger partial charge is 0.372 e. The predicted molar refractivity (Wildman–Crippen MR) is 77.1 cm³/mol. The quantitative estimate of drug-likeness (QED) is 0.847. The first-order chi connectivity index (χ1) is 11.2. The second kappa shape index (κ2) is 6.10. The highest BCUT2D eigenvalue weighted by atomic mass is 19.4. The molecule has 4 atom stereocenters. The molecule has 0 bridgehead atoms. The molecule has 3 N–H and O–H groups in total. The third kappa shape index (κ3) is 3.46. The van der Waals surface area contributed by atoms with E-state index in [1.165, 1.54) is 6.07 Å². The summed E-state index contributed by atoms with van der Waals surface area (Å²) in [5.41, 5.74) is 5.69. The molecule has 134 valence electrons. The fraction of sp³-hybridized carbons (Fsp3) is 0.714. The standard InChI is InChI=1S/C14H19F3N4O3/c1-13(2)23-10-7(6-22-8(5-18)11(10)24-13)20-9-3-4-19-12(21-9)14(15,16)17/h3-4,7-8,10-11H,5-6,18H2,1-2H3,(H,19,20,21)/t7-,8+,10+,11-/m0/s1. The van der Waals surface area contributed by atoms with Crippen molar-refractivity contribution in [2.75, 3.05) is 18.5 Å². The zero-order valence-electron chi connectivity index (χ0n) is 13.2. The van der Waals surface area contributed by atoms with Crippen LogP contribution in [0.5, 0.6) is 0 Å². The Labute approximate surface area is 136 Å². The van der Waals surface area contributed by atoms with E-state index < -0.39 is 36.0 Å². The fourth-order valence-corrected chi connectivity index (χ4v) is 2.92. The van der Waals surface area contributed by atoms with E-state index in [2.05, 4.69) is 15.3 Å². The minimum Gasteiger partial charge on any atom is -0.372 e. The molecule has 0 saturated carbocycles. The van der Waals surface area contributed by atoms with Crippen molar-refractivity contribution in [2.45, 2.75) is 50.2 Å². The van der Waals surface area contributed by atoms with Gasteiger partial charge in [0.1, 0.15) is 18.0 Å². The lowest BCUT2D eigenvalue weighted by atomic mass is 9.98. The number of nitrogens with two attached hydrogens (primary N) is 1. The maximum Gasteiger partial charge on any atom is 0.451 e. The number of hydrogen-bond donors (Lipinski definition) is 2. The minimum atomic E-state index is -4.61. The summed E-state index contributed by atoms with van der Waals surface area (Å²) in [4.78, 5) is 6.74. The van der Waals surface area contributed by atoms with Gasteiger partial charge in [-0.05, 0) is 19.9 Å². The highest BCUT2D eigenvalue weighted by molar-refractivity contribution is 5.35. The van der Waals surface area contributed by atoms with Crippen molar-refractivity contribution < 1.29 is 27.4 Å². The van der Waals surface area contributed by atoms with Crippen molar-refractivity contribution in [2.24, 2.45) is 5.73 Å². The molecule has 24 heavy (non-hydrogen) atoms. The number of alkyl halides is 3. The van der Waals surface area contributed by atoms with Gasteiger partial charge in [-0.15, -0.1) is 0 Å². The normalized spacial score (nSPS) is 32.4. The van der Waals surface area contributed by atoms with Gasteiger partial charge >= 0.3 is 6.18 Å². The van der Waals surface area contributed by atoms with Gasteiger partial charge in [-0.25, -0.2) is 9.97 Å². The molecule has 1 aromatic heterocycles. The Morgan fingerprint density at radius 3 is 2.71 bits per heavy atom. The van der Waals surface area contributed by atoms with Crippen molar-refractivity contribution in [1.82, 2.24) is 9.97 Å². The number of fused-ring (bicyclic) bond motifs is 1. The number of hydrogen-bond acceptors (Lipinski definition) is 7. The predicted octanol–water partition coefficient (Wildman–Crippen LogP) is 1.15. The third-order valence-corrected chi connectivity index (χ3v) is 3.89. The molecule has 2 fully saturated rings. The average Bonchev–Trinajstić information content (AvgIpc) is 2.83. The molecule has 2 saturated heterocycles. The Morgan fingerprint density at radius 1 is 1.33 bits per heavy atom. The first-order valence-electron chi connectivity index (χ1n) is 7.54. The lowest BCUT2D eigenvalue weighted by Crippen LogP contribution is -2.56. The molecule has 0 aliphatic carbocycles. The zero-order valence-corrected chi connectivity index (χ0v) is 13.2. The molecule has 0 spiro atoms. The molecule has 1 aromatic rings. The molecule has 3 heterocycles. The number of anilines is 1. The molecule has 0 radical (unpaired) electrons. The monoisotopic (exact) mass is 348 g/mol. The molecule has 0 amide bonds. The van der Waals surface area contributed by atoms with Crippen molar-refractivity contribution >= 4 is 5.82 Å². The van der Waals surface area contributed by atoms with Crippen molar-refractivity contribution in [3.8, 4) is 0 Å². The Hall–Kier alpha value is -1.49. The van der Waals surface area contributed by atoms with E-state index in [1.807, 2.05) is 0 Å². The van der Waals surface area contributed by atoms with Crippen LogP contribution in [-0.2, 0) is 20.4 Å². The molecule has 10 heteroatoms. The first kappa shape index (κ1) is 17.3. The zero-order chi connectivity index (χ0) is 17.5. The summed E-state index contributed by atoms with van der Waals surface area (Å²) in [6.45, 7) is 4.01. The molecule has 2 aliphatic rings. The lowest BCUT2D eigenvalue weighted by Gasteiger charge is -2.37.